The van der Waals surface area contributed by atoms with Gasteiger partial charge in [0.1, 0.15) is 29.5 Å². The molecule has 0 saturated carbocycles. The third-order valence-corrected chi connectivity index (χ3v) is 9.25. The van der Waals surface area contributed by atoms with Gasteiger partial charge in [0, 0.05) is 29.8 Å². The lowest BCUT2D eigenvalue weighted by atomic mass is 9.83. The molecule has 2 aromatic carbocycles. The van der Waals surface area contributed by atoms with Gasteiger partial charge in [-0.15, -0.1) is 0 Å². The van der Waals surface area contributed by atoms with E-state index in [2.05, 4.69) is 39.9 Å². The van der Waals surface area contributed by atoms with E-state index in [-0.39, 0.29) is 18.1 Å². The second-order valence-electron chi connectivity index (χ2n) is 13.8. The first-order valence-electron chi connectivity index (χ1n) is 16.4. The van der Waals surface area contributed by atoms with E-state index in [9.17, 15) is 9.90 Å². The van der Waals surface area contributed by atoms with Gasteiger partial charge >= 0.3 is 0 Å². The Bertz CT molecular complexity index is 1170. The topological polar surface area (TPSA) is 67.8 Å². The molecule has 0 saturated heterocycles. The molecule has 0 unspecified atom stereocenters. The molecule has 0 aromatic heterocycles. The molecule has 3 rings (SSSR count). The summed E-state index contributed by atoms with van der Waals surface area (Å²) in [6.07, 6.45) is 13.4. The van der Waals surface area contributed by atoms with Gasteiger partial charge in [-0.3, -0.25) is 4.79 Å². The van der Waals surface area contributed by atoms with E-state index >= 15 is 0 Å². The maximum atomic E-state index is 11.4. The Morgan fingerprint density at radius 1 is 1.00 bits per heavy atom. The Hall–Kier alpha value is -2.69. The zero-order chi connectivity index (χ0) is 30.9. The summed E-state index contributed by atoms with van der Waals surface area (Å²) in [5.41, 5.74) is 4.20. The minimum atomic E-state index is -0.198. The molecule has 5 heteroatoms. The summed E-state index contributed by atoms with van der Waals surface area (Å²) in [6, 6.07) is 7.34. The molecule has 234 valence electrons. The minimum Gasteiger partial charge on any atom is -0.507 e. The quantitative estimate of drug-likeness (QED) is 0.208. The van der Waals surface area contributed by atoms with Crippen LogP contribution in [0, 0.1) is 31.6 Å². The molecule has 1 heterocycles. The van der Waals surface area contributed by atoms with Crippen LogP contribution in [0.1, 0.15) is 128 Å². The molecule has 1 amide bonds. The van der Waals surface area contributed by atoms with Crippen LogP contribution in [0.5, 0.6) is 17.2 Å². The van der Waals surface area contributed by atoms with Gasteiger partial charge in [-0.05, 0) is 87.5 Å². The lowest BCUT2D eigenvalue weighted by Crippen LogP contribution is -2.37. The van der Waals surface area contributed by atoms with Crippen LogP contribution in [0.2, 0.25) is 0 Å². The molecule has 1 aliphatic heterocycles. The van der Waals surface area contributed by atoms with E-state index in [0.717, 1.165) is 65.0 Å². The molecule has 0 fully saturated rings. The van der Waals surface area contributed by atoms with Gasteiger partial charge in [0.05, 0.1) is 0 Å². The summed E-state index contributed by atoms with van der Waals surface area (Å²) in [4.78, 5) is 11.4. The van der Waals surface area contributed by atoms with E-state index in [0.29, 0.717) is 17.2 Å². The number of rotatable bonds is 16. The predicted molar refractivity (Wildman–Crippen MR) is 175 cm³/mol. The third-order valence-electron chi connectivity index (χ3n) is 9.25. The maximum absolute atomic E-state index is 11.4. The van der Waals surface area contributed by atoms with Crippen molar-refractivity contribution in [2.75, 3.05) is 5.32 Å². The molecule has 0 radical (unpaired) electrons. The van der Waals surface area contributed by atoms with E-state index in [4.69, 9.17) is 9.47 Å². The Balaban J connectivity index is 1.55. The fourth-order valence-corrected chi connectivity index (χ4v) is 6.33. The van der Waals surface area contributed by atoms with E-state index in [1.54, 1.807) is 6.07 Å². The number of anilines is 1. The van der Waals surface area contributed by atoms with Crippen molar-refractivity contribution in [3.63, 3.8) is 0 Å². The largest absolute Gasteiger partial charge is 0.507 e. The molecular formula is C37H57NO4. The molecule has 5 nitrogen and oxygen atoms in total. The van der Waals surface area contributed by atoms with Crippen LogP contribution in [0.25, 0.3) is 0 Å². The SMILES string of the molecule is CC(=O)Nc1cccc(OCc2c(O)c(C)c(C)c3c2CC[C@@](C)(CCC[C@H](C)CCC[C@H](C)CCCC(C)C)O3)c1. The van der Waals surface area contributed by atoms with Crippen molar-refractivity contribution in [1.82, 2.24) is 0 Å². The molecule has 0 aliphatic carbocycles. The number of aromatic hydroxyl groups is 1. The summed E-state index contributed by atoms with van der Waals surface area (Å²) in [5.74, 6) is 4.15. The summed E-state index contributed by atoms with van der Waals surface area (Å²) in [5, 5.41) is 13.9. The Morgan fingerprint density at radius 2 is 1.64 bits per heavy atom. The number of carbonyl (C=O) groups is 1. The lowest BCUT2D eigenvalue weighted by Gasteiger charge is -2.38. The van der Waals surface area contributed by atoms with Crippen molar-refractivity contribution in [2.45, 2.75) is 138 Å². The number of benzene rings is 2. The van der Waals surface area contributed by atoms with Crippen LogP contribution in [-0.2, 0) is 17.8 Å². The summed E-state index contributed by atoms with van der Waals surface area (Å²) in [6.45, 7) is 17.5. The van der Waals surface area contributed by atoms with Crippen molar-refractivity contribution in [2.24, 2.45) is 17.8 Å². The smallest absolute Gasteiger partial charge is 0.221 e. The van der Waals surface area contributed by atoms with Gasteiger partial charge in [-0.25, -0.2) is 0 Å². The Labute approximate surface area is 255 Å². The Morgan fingerprint density at radius 3 is 2.29 bits per heavy atom. The van der Waals surface area contributed by atoms with Crippen molar-refractivity contribution in [1.29, 1.82) is 0 Å². The number of nitrogens with one attached hydrogen (secondary N) is 1. The molecule has 2 N–H and O–H groups in total. The van der Waals surface area contributed by atoms with Crippen LogP contribution in [0.15, 0.2) is 24.3 Å². The zero-order valence-electron chi connectivity index (χ0n) is 27.7. The van der Waals surface area contributed by atoms with Gasteiger partial charge in [0.25, 0.3) is 0 Å². The lowest BCUT2D eigenvalue weighted by molar-refractivity contribution is -0.114. The number of hydrogen-bond acceptors (Lipinski definition) is 4. The number of amides is 1. The highest BCUT2D eigenvalue weighted by Gasteiger charge is 2.35. The molecular weight excluding hydrogens is 522 g/mol. The van der Waals surface area contributed by atoms with E-state index < -0.39 is 0 Å². The zero-order valence-corrected chi connectivity index (χ0v) is 27.7. The fourth-order valence-electron chi connectivity index (χ4n) is 6.33. The fraction of sp³-hybridized carbons (Fsp3) is 0.649. The number of ether oxygens (including phenoxy) is 2. The van der Waals surface area contributed by atoms with Gasteiger partial charge in [0.15, 0.2) is 0 Å². The van der Waals surface area contributed by atoms with Gasteiger partial charge < -0.3 is 19.9 Å². The third kappa shape index (κ3) is 9.95. The first-order valence-corrected chi connectivity index (χ1v) is 16.4. The first kappa shape index (κ1) is 33.8. The monoisotopic (exact) mass is 579 g/mol. The van der Waals surface area contributed by atoms with Crippen LogP contribution in [0.3, 0.4) is 0 Å². The second-order valence-corrected chi connectivity index (χ2v) is 13.8. The average molecular weight is 580 g/mol. The van der Waals surface area contributed by atoms with Crippen molar-refractivity contribution < 1.29 is 19.4 Å². The highest BCUT2D eigenvalue weighted by molar-refractivity contribution is 5.88. The first-order chi connectivity index (χ1) is 19.9. The number of phenolic OH excluding ortho intramolecular Hbond substituents is 1. The highest BCUT2D eigenvalue weighted by atomic mass is 16.5. The molecule has 0 bridgehead atoms. The highest BCUT2D eigenvalue weighted by Crippen LogP contribution is 2.45. The molecule has 42 heavy (non-hydrogen) atoms. The maximum Gasteiger partial charge on any atom is 0.221 e. The second kappa shape index (κ2) is 15.7. The molecule has 1 aliphatic rings. The van der Waals surface area contributed by atoms with Crippen LogP contribution >= 0.6 is 0 Å². The normalized spacial score (nSPS) is 17.8. The van der Waals surface area contributed by atoms with E-state index in [1.807, 2.05) is 32.0 Å². The minimum absolute atomic E-state index is 0.125. The van der Waals surface area contributed by atoms with Crippen LogP contribution in [-0.4, -0.2) is 16.6 Å². The average Bonchev–Trinajstić information content (AvgIpc) is 2.92. The number of carbonyl (C=O) groups excluding carboxylic acids is 1. The number of fused-ring (bicyclic) bond motifs is 1. The molecule has 2 aromatic rings. The van der Waals surface area contributed by atoms with Crippen molar-refractivity contribution in [3.8, 4) is 17.2 Å². The Kier molecular flexibility index (Phi) is 12.6. The van der Waals surface area contributed by atoms with Crippen LogP contribution in [0.4, 0.5) is 5.69 Å². The van der Waals surface area contributed by atoms with Crippen LogP contribution < -0.4 is 14.8 Å². The summed E-state index contributed by atoms with van der Waals surface area (Å²) in [7, 11) is 0. The van der Waals surface area contributed by atoms with Gasteiger partial charge in [-0.1, -0.05) is 78.7 Å². The summed E-state index contributed by atoms with van der Waals surface area (Å²) >= 11 is 0. The van der Waals surface area contributed by atoms with Gasteiger partial charge in [-0.2, -0.15) is 0 Å². The molecule has 0 spiro atoms. The predicted octanol–water partition coefficient (Wildman–Crippen LogP) is 10.1. The van der Waals surface area contributed by atoms with Crippen molar-refractivity contribution >= 4 is 11.6 Å². The standard InChI is InChI=1S/C37H57NO4/c1-25(2)13-9-14-26(3)15-10-16-27(4)17-12-21-37(8)22-20-33-34(35(40)28(5)29(6)36(33)42-37)24-41-32-19-11-18-31(23-32)38-30(7)39/h11,18-19,23,25-27,40H,9-10,12-17,20-22,24H2,1-8H3,(H,38,39)/t26-,27-,37-/m1/s1. The van der Waals surface area contributed by atoms with Gasteiger partial charge in [0.2, 0.25) is 5.91 Å². The van der Waals surface area contributed by atoms with Crippen molar-refractivity contribution in [3.05, 3.63) is 46.5 Å². The number of phenols is 1. The summed E-state index contributed by atoms with van der Waals surface area (Å²) < 4.78 is 12.9. The number of hydrogen-bond donors (Lipinski definition) is 2. The molecule has 3 atom stereocenters. The van der Waals surface area contributed by atoms with E-state index in [1.165, 1.54) is 58.3 Å².